The van der Waals surface area contributed by atoms with Crippen molar-refractivity contribution < 1.29 is 14.3 Å². The molecule has 1 saturated carbocycles. The fourth-order valence-electron chi connectivity index (χ4n) is 2.07. The smallest absolute Gasteiger partial charge is 0.255 e. The van der Waals surface area contributed by atoms with Crippen LogP contribution < -0.4 is 15.4 Å². The second-order valence-electron chi connectivity index (χ2n) is 5.38. The Kier molecular flexibility index (Phi) is 4.23. The molecule has 0 radical (unpaired) electrons. The SMILES string of the molecule is COc1ccc(NC(=O)c2ccc(NC(=O)C3CC3)cc2)cn1. The van der Waals surface area contributed by atoms with Crippen molar-refractivity contribution in [2.24, 2.45) is 5.92 Å². The summed E-state index contributed by atoms with van der Waals surface area (Å²) < 4.78 is 4.97. The molecule has 2 N–H and O–H groups in total. The summed E-state index contributed by atoms with van der Waals surface area (Å²) in [7, 11) is 1.53. The molecule has 1 aliphatic carbocycles. The van der Waals surface area contributed by atoms with E-state index in [0.29, 0.717) is 22.8 Å². The number of methoxy groups -OCH3 is 1. The van der Waals surface area contributed by atoms with Gasteiger partial charge in [-0.05, 0) is 43.2 Å². The highest BCUT2D eigenvalue weighted by Gasteiger charge is 2.29. The second-order valence-corrected chi connectivity index (χ2v) is 5.38. The van der Waals surface area contributed by atoms with Crippen molar-refractivity contribution in [1.82, 2.24) is 4.98 Å². The van der Waals surface area contributed by atoms with E-state index in [9.17, 15) is 9.59 Å². The van der Waals surface area contributed by atoms with E-state index >= 15 is 0 Å². The number of anilines is 2. The van der Waals surface area contributed by atoms with E-state index in [2.05, 4.69) is 15.6 Å². The summed E-state index contributed by atoms with van der Waals surface area (Å²) in [5, 5.41) is 5.59. The predicted octanol–water partition coefficient (Wildman–Crippen LogP) is 2.69. The number of nitrogens with one attached hydrogen (secondary N) is 2. The van der Waals surface area contributed by atoms with Crippen LogP contribution in [-0.2, 0) is 4.79 Å². The summed E-state index contributed by atoms with van der Waals surface area (Å²) in [6.07, 6.45) is 3.45. The molecular weight excluding hydrogens is 294 g/mol. The van der Waals surface area contributed by atoms with Crippen LogP contribution in [0.15, 0.2) is 42.6 Å². The number of rotatable bonds is 5. The van der Waals surface area contributed by atoms with Crippen LogP contribution in [0.3, 0.4) is 0 Å². The summed E-state index contributed by atoms with van der Waals surface area (Å²) in [4.78, 5) is 27.9. The maximum Gasteiger partial charge on any atom is 0.255 e. The first kappa shape index (κ1) is 15.0. The van der Waals surface area contributed by atoms with Gasteiger partial charge in [0.15, 0.2) is 0 Å². The number of hydrogen-bond donors (Lipinski definition) is 2. The quantitative estimate of drug-likeness (QED) is 0.889. The Bertz CT molecular complexity index is 707. The largest absolute Gasteiger partial charge is 0.481 e. The number of aromatic nitrogens is 1. The first-order valence-electron chi connectivity index (χ1n) is 7.38. The molecule has 0 bridgehead atoms. The highest BCUT2D eigenvalue weighted by atomic mass is 16.5. The summed E-state index contributed by atoms with van der Waals surface area (Å²) in [6, 6.07) is 10.2. The van der Waals surface area contributed by atoms with Crippen LogP contribution in [0.4, 0.5) is 11.4 Å². The number of carbonyl (C=O) groups excluding carboxylic acids is 2. The Morgan fingerprint density at radius 2 is 1.74 bits per heavy atom. The fraction of sp³-hybridized carbons (Fsp3) is 0.235. The van der Waals surface area contributed by atoms with Crippen molar-refractivity contribution in [2.45, 2.75) is 12.8 Å². The number of amides is 2. The van der Waals surface area contributed by atoms with E-state index in [1.54, 1.807) is 36.4 Å². The third-order valence-corrected chi connectivity index (χ3v) is 3.57. The molecular formula is C17H17N3O3. The normalized spacial score (nSPS) is 13.3. The maximum absolute atomic E-state index is 12.2. The summed E-state index contributed by atoms with van der Waals surface area (Å²) in [5.74, 6) is 0.447. The van der Waals surface area contributed by atoms with Crippen LogP contribution in [-0.4, -0.2) is 23.9 Å². The van der Waals surface area contributed by atoms with Crippen LogP contribution in [0, 0.1) is 5.92 Å². The molecule has 3 rings (SSSR count). The number of pyridine rings is 1. The lowest BCUT2D eigenvalue weighted by Crippen LogP contribution is -2.14. The molecule has 6 nitrogen and oxygen atoms in total. The minimum absolute atomic E-state index is 0.0477. The molecule has 1 heterocycles. The van der Waals surface area contributed by atoms with Gasteiger partial charge in [-0.15, -0.1) is 0 Å². The molecule has 0 aliphatic heterocycles. The molecule has 0 atom stereocenters. The van der Waals surface area contributed by atoms with Crippen molar-refractivity contribution in [2.75, 3.05) is 17.7 Å². The Morgan fingerprint density at radius 3 is 2.30 bits per heavy atom. The average molecular weight is 311 g/mol. The van der Waals surface area contributed by atoms with Gasteiger partial charge in [0.2, 0.25) is 11.8 Å². The number of hydrogen-bond acceptors (Lipinski definition) is 4. The lowest BCUT2D eigenvalue weighted by atomic mass is 10.2. The minimum atomic E-state index is -0.239. The monoisotopic (exact) mass is 311 g/mol. The Hall–Kier alpha value is -2.89. The second kappa shape index (κ2) is 6.48. The standard InChI is InChI=1S/C17H17N3O3/c1-23-15-9-8-14(10-18-15)20-17(22)12-4-6-13(7-5-12)19-16(21)11-2-3-11/h4-11H,2-3H2,1H3,(H,19,21)(H,20,22). The zero-order valence-electron chi connectivity index (χ0n) is 12.7. The molecule has 1 fully saturated rings. The van der Waals surface area contributed by atoms with E-state index in [1.165, 1.54) is 13.3 Å². The lowest BCUT2D eigenvalue weighted by Gasteiger charge is -2.07. The van der Waals surface area contributed by atoms with Gasteiger partial charge in [-0.3, -0.25) is 9.59 Å². The highest BCUT2D eigenvalue weighted by molar-refractivity contribution is 6.04. The van der Waals surface area contributed by atoms with Gasteiger partial charge in [0.1, 0.15) is 0 Å². The lowest BCUT2D eigenvalue weighted by molar-refractivity contribution is -0.117. The Morgan fingerprint density at radius 1 is 1.04 bits per heavy atom. The van der Waals surface area contributed by atoms with E-state index < -0.39 is 0 Å². The van der Waals surface area contributed by atoms with E-state index in [-0.39, 0.29) is 17.7 Å². The van der Waals surface area contributed by atoms with Gasteiger partial charge in [-0.2, -0.15) is 0 Å². The molecule has 1 aromatic carbocycles. The molecule has 0 unspecified atom stereocenters. The zero-order valence-corrected chi connectivity index (χ0v) is 12.7. The Labute approximate surface area is 133 Å². The third kappa shape index (κ3) is 3.85. The molecule has 118 valence electrons. The van der Waals surface area contributed by atoms with Crippen LogP contribution in [0.2, 0.25) is 0 Å². The number of ether oxygens (including phenoxy) is 1. The predicted molar refractivity (Wildman–Crippen MR) is 86.5 cm³/mol. The molecule has 0 saturated heterocycles. The molecule has 6 heteroatoms. The topological polar surface area (TPSA) is 80.3 Å². The first-order valence-corrected chi connectivity index (χ1v) is 7.38. The molecule has 0 spiro atoms. The molecule has 1 aromatic heterocycles. The van der Waals surface area contributed by atoms with E-state index in [1.807, 2.05) is 0 Å². The summed E-state index contributed by atoms with van der Waals surface area (Å²) in [6.45, 7) is 0. The molecule has 23 heavy (non-hydrogen) atoms. The van der Waals surface area contributed by atoms with Gasteiger partial charge in [-0.1, -0.05) is 0 Å². The molecule has 2 amide bonds. The zero-order chi connectivity index (χ0) is 16.2. The average Bonchev–Trinajstić information content (AvgIpc) is 3.41. The van der Waals surface area contributed by atoms with Crippen molar-refractivity contribution in [1.29, 1.82) is 0 Å². The van der Waals surface area contributed by atoms with Gasteiger partial charge in [0, 0.05) is 23.2 Å². The minimum Gasteiger partial charge on any atom is -0.481 e. The van der Waals surface area contributed by atoms with Gasteiger partial charge >= 0.3 is 0 Å². The molecule has 1 aliphatic rings. The molecule has 2 aromatic rings. The van der Waals surface area contributed by atoms with Crippen LogP contribution in [0.1, 0.15) is 23.2 Å². The first-order chi connectivity index (χ1) is 11.2. The van der Waals surface area contributed by atoms with Crippen molar-refractivity contribution in [3.05, 3.63) is 48.2 Å². The van der Waals surface area contributed by atoms with E-state index in [4.69, 9.17) is 4.74 Å². The summed E-state index contributed by atoms with van der Waals surface area (Å²) in [5.41, 5.74) is 1.79. The number of benzene rings is 1. The Balaban J connectivity index is 1.61. The van der Waals surface area contributed by atoms with Gasteiger partial charge in [-0.25, -0.2) is 4.98 Å². The summed E-state index contributed by atoms with van der Waals surface area (Å²) >= 11 is 0. The number of carbonyl (C=O) groups is 2. The van der Waals surface area contributed by atoms with Gasteiger partial charge in [0.05, 0.1) is 19.0 Å². The van der Waals surface area contributed by atoms with Crippen LogP contribution >= 0.6 is 0 Å². The van der Waals surface area contributed by atoms with Crippen molar-refractivity contribution in [3.8, 4) is 5.88 Å². The van der Waals surface area contributed by atoms with Gasteiger partial charge < -0.3 is 15.4 Å². The fourth-order valence-corrected chi connectivity index (χ4v) is 2.07. The van der Waals surface area contributed by atoms with Crippen LogP contribution in [0.5, 0.6) is 5.88 Å². The van der Waals surface area contributed by atoms with Crippen LogP contribution in [0.25, 0.3) is 0 Å². The highest BCUT2D eigenvalue weighted by Crippen LogP contribution is 2.30. The van der Waals surface area contributed by atoms with Gasteiger partial charge in [0.25, 0.3) is 5.91 Å². The maximum atomic E-state index is 12.2. The van der Waals surface area contributed by atoms with E-state index in [0.717, 1.165) is 12.8 Å². The number of nitrogens with zero attached hydrogens (tertiary/aromatic N) is 1. The van der Waals surface area contributed by atoms with Crippen molar-refractivity contribution in [3.63, 3.8) is 0 Å². The van der Waals surface area contributed by atoms with Crippen molar-refractivity contribution >= 4 is 23.2 Å². The third-order valence-electron chi connectivity index (χ3n) is 3.57.